The third-order valence-electron chi connectivity index (χ3n) is 4.94. The van der Waals surface area contributed by atoms with E-state index < -0.39 is 5.43 Å². The van der Waals surface area contributed by atoms with Crippen LogP contribution in [0.1, 0.15) is 5.56 Å². The average Bonchev–Trinajstić information content (AvgIpc) is 3.15. The number of hydrogen-bond donors (Lipinski definition) is 2. The molecular weight excluding hydrogens is 444 g/mol. The molecule has 0 saturated carbocycles. The summed E-state index contributed by atoms with van der Waals surface area (Å²) >= 11 is 3.46. The van der Waals surface area contributed by atoms with E-state index in [-0.39, 0.29) is 16.8 Å². The monoisotopic (exact) mass is 456 g/mol. The molecule has 30 heavy (non-hydrogen) atoms. The van der Waals surface area contributed by atoms with Crippen LogP contribution in [0.2, 0.25) is 0 Å². The minimum absolute atomic E-state index is 0.0864. The van der Waals surface area contributed by atoms with Crippen LogP contribution in [0.5, 0.6) is 0 Å². The minimum atomic E-state index is -0.469. The first-order valence-electron chi connectivity index (χ1n) is 9.03. The van der Waals surface area contributed by atoms with Crippen molar-refractivity contribution < 1.29 is 0 Å². The molecule has 0 unspecified atom stereocenters. The van der Waals surface area contributed by atoms with Crippen LogP contribution >= 0.6 is 15.9 Å². The first kappa shape index (κ1) is 18.1. The molecular formula is C22H13BrN6O. The van der Waals surface area contributed by atoms with Crippen molar-refractivity contribution in [3.8, 4) is 23.0 Å². The Kier molecular flexibility index (Phi) is 4.12. The van der Waals surface area contributed by atoms with Crippen molar-refractivity contribution in [3.05, 3.63) is 81.1 Å². The number of benzene rings is 2. The number of nitrogen functional groups attached to an aromatic ring is 1. The number of anilines is 1. The number of pyridine rings is 2. The van der Waals surface area contributed by atoms with E-state index in [1.807, 2.05) is 65.3 Å². The summed E-state index contributed by atoms with van der Waals surface area (Å²) < 4.78 is 2.79. The number of halogens is 1. The lowest BCUT2D eigenvalue weighted by molar-refractivity contribution is 0.901. The highest BCUT2D eigenvalue weighted by molar-refractivity contribution is 9.10. The highest BCUT2D eigenvalue weighted by atomic mass is 79.9. The van der Waals surface area contributed by atoms with Crippen LogP contribution in [0, 0.1) is 11.3 Å². The molecule has 5 rings (SSSR count). The Hall–Kier alpha value is -3.96. The van der Waals surface area contributed by atoms with Crippen molar-refractivity contribution in [3.63, 3.8) is 0 Å². The topological polar surface area (TPSA) is 113 Å². The summed E-state index contributed by atoms with van der Waals surface area (Å²) in [5.41, 5.74) is 8.83. The van der Waals surface area contributed by atoms with E-state index >= 15 is 0 Å². The molecule has 0 aliphatic heterocycles. The number of nitriles is 1. The fourth-order valence-corrected chi connectivity index (χ4v) is 3.78. The van der Waals surface area contributed by atoms with Gasteiger partial charge in [-0.25, -0.2) is 14.6 Å². The molecule has 2 aromatic carbocycles. The van der Waals surface area contributed by atoms with Crippen molar-refractivity contribution >= 4 is 43.7 Å². The number of nitrogens with one attached hydrogen (secondary N) is 1. The van der Waals surface area contributed by atoms with Gasteiger partial charge in [0.2, 0.25) is 5.43 Å². The molecule has 7 nitrogen and oxygen atoms in total. The van der Waals surface area contributed by atoms with Crippen molar-refractivity contribution in [2.24, 2.45) is 0 Å². The summed E-state index contributed by atoms with van der Waals surface area (Å²) in [6.07, 6.45) is 1.45. The van der Waals surface area contributed by atoms with Gasteiger partial charge in [-0.3, -0.25) is 9.89 Å². The van der Waals surface area contributed by atoms with Crippen LogP contribution in [-0.2, 0) is 0 Å². The number of aromatic amines is 1. The van der Waals surface area contributed by atoms with E-state index in [2.05, 4.69) is 31.0 Å². The van der Waals surface area contributed by atoms with Gasteiger partial charge < -0.3 is 5.73 Å². The first-order valence-corrected chi connectivity index (χ1v) is 9.82. The van der Waals surface area contributed by atoms with Gasteiger partial charge in [-0.15, -0.1) is 0 Å². The van der Waals surface area contributed by atoms with Crippen molar-refractivity contribution in [2.45, 2.75) is 0 Å². The molecule has 144 valence electrons. The van der Waals surface area contributed by atoms with Crippen molar-refractivity contribution in [1.82, 2.24) is 19.7 Å². The average molecular weight is 457 g/mol. The Morgan fingerprint density at radius 2 is 1.83 bits per heavy atom. The number of nitrogens with zero attached hydrogens (tertiary/aromatic N) is 4. The highest BCUT2D eigenvalue weighted by Crippen LogP contribution is 2.33. The standard InChI is InChI=1S/C22H13BrN6O/c23-13-8-6-12(7-9-13)18-17-19-16(20(30)15(10-24)21(25)27-19)11-26-22(17)29(28-18)14-4-2-1-3-5-14/h1-9,11,28H,25H2. The number of hydrogen-bond acceptors (Lipinski definition) is 5. The van der Waals surface area contributed by atoms with E-state index in [9.17, 15) is 10.1 Å². The second kappa shape index (κ2) is 6.83. The zero-order valence-corrected chi connectivity index (χ0v) is 17.0. The summed E-state index contributed by atoms with van der Waals surface area (Å²) in [4.78, 5) is 21.8. The number of H-pyrrole nitrogens is 1. The summed E-state index contributed by atoms with van der Waals surface area (Å²) in [5.74, 6) is -0.0864. The summed E-state index contributed by atoms with van der Waals surface area (Å²) in [6.45, 7) is 0. The van der Waals surface area contributed by atoms with E-state index in [1.165, 1.54) is 6.20 Å². The fourth-order valence-electron chi connectivity index (χ4n) is 3.52. The molecule has 0 fully saturated rings. The van der Waals surface area contributed by atoms with Crippen LogP contribution in [0.4, 0.5) is 5.82 Å². The molecule has 3 aromatic heterocycles. The van der Waals surface area contributed by atoms with Gasteiger partial charge in [-0.2, -0.15) is 5.26 Å². The molecule has 0 atom stereocenters. The van der Waals surface area contributed by atoms with E-state index in [4.69, 9.17) is 5.73 Å². The number of para-hydroxylation sites is 1. The second-order valence-electron chi connectivity index (χ2n) is 6.70. The maximum absolute atomic E-state index is 12.8. The Morgan fingerprint density at radius 1 is 1.10 bits per heavy atom. The molecule has 0 bridgehead atoms. The Bertz CT molecular complexity index is 1530. The quantitative estimate of drug-likeness (QED) is 0.414. The molecule has 0 aliphatic rings. The summed E-state index contributed by atoms with van der Waals surface area (Å²) in [5, 5.41) is 13.6. The molecule has 5 aromatic rings. The van der Waals surface area contributed by atoms with E-state index in [1.54, 1.807) is 0 Å². The fraction of sp³-hybridized carbons (Fsp3) is 0. The molecule has 0 saturated heterocycles. The molecule has 0 amide bonds. The van der Waals surface area contributed by atoms with Crippen LogP contribution in [0.3, 0.4) is 0 Å². The normalized spacial score (nSPS) is 11.1. The predicted octanol–water partition coefficient (Wildman–Crippen LogP) is 4.15. The third kappa shape index (κ3) is 2.68. The lowest BCUT2D eigenvalue weighted by Gasteiger charge is -2.05. The number of fused-ring (bicyclic) bond motifs is 3. The lowest BCUT2D eigenvalue weighted by atomic mass is 10.1. The van der Waals surface area contributed by atoms with Gasteiger partial charge in [0.25, 0.3) is 0 Å². The largest absolute Gasteiger partial charge is 0.382 e. The Balaban J connectivity index is 1.96. The molecule has 0 spiro atoms. The van der Waals surface area contributed by atoms with Crippen LogP contribution in [0.15, 0.2) is 70.1 Å². The van der Waals surface area contributed by atoms with Crippen molar-refractivity contribution in [2.75, 3.05) is 5.73 Å². The van der Waals surface area contributed by atoms with Gasteiger partial charge in [0.15, 0.2) is 5.65 Å². The molecule has 0 aliphatic carbocycles. The summed E-state index contributed by atoms with van der Waals surface area (Å²) in [6, 6.07) is 19.3. The van der Waals surface area contributed by atoms with Crippen molar-refractivity contribution in [1.29, 1.82) is 5.26 Å². The van der Waals surface area contributed by atoms with Crippen LogP contribution in [-0.4, -0.2) is 19.7 Å². The smallest absolute Gasteiger partial charge is 0.211 e. The number of rotatable bonds is 2. The molecule has 3 N–H and O–H groups in total. The van der Waals surface area contributed by atoms with E-state index in [0.29, 0.717) is 16.6 Å². The number of aromatic nitrogens is 4. The third-order valence-corrected chi connectivity index (χ3v) is 5.46. The predicted molar refractivity (Wildman–Crippen MR) is 119 cm³/mol. The van der Waals surface area contributed by atoms with Crippen LogP contribution in [0.25, 0.3) is 38.9 Å². The zero-order chi connectivity index (χ0) is 20.8. The molecule has 0 radical (unpaired) electrons. The second-order valence-corrected chi connectivity index (χ2v) is 7.61. The van der Waals surface area contributed by atoms with Crippen LogP contribution < -0.4 is 11.2 Å². The van der Waals surface area contributed by atoms with Gasteiger partial charge in [0.1, 0.15) is 17.5 Å². The Morgan fingerprint density at radius 3 is 2.53 bits per heavy atom. The lowest BCUT2D eigenvalue weighted by Crippen LogP contribution is -2.12. The Labute approximate surface area is 178 Å². The maximum Gasteiger partial charge on any atom is 0.211 e. The SMILES string of the molecule is N#Cc1c(N)nc2c(cnc3c2c(-c2ccc(Br)cc2)[nH]n3-c2ccccc2)c1=O. The maximum atomic E-state index is 12.8. The minimum Gasteiger partial charge on any atom is -0.382 e. The van der Waals surface area contributed by atoms with Gasteiger partial charge in [-0.1, -0.05) is 46.3 Å². The molecule has 8 heteroatoms. The molecule has 3 heterocycles. The van der Waals surface area contributed by atoms with E-state index in [0.717, 1.165) is 21.4 Å². The summed E-state index contributed by atoms with van der Waals surface area (Å²) in [7, 11) is 0. The van der Waals surface area contributed by atoms with Gasteiger partial charge >= 0.3 is 0 Å². The van der Waals surface area contributed by atoms with Gasteiger partial charge in [0, 0.05) is 16.2 Å². The van der Waals surface area contributed by atoms with Gasteiger partial charge in [-0.05, 0) is 24.3 Å². The van der Waals surface area contributed by atoms with Gasteiger partial charge in [0.05, 0.1) is 27.7 Å². The number of nitrogens with two attached hydrogens (primary N) is 1. The zero-order valence-electron chi connectivity index (χ0n) is 15.4. The first-order chi connectivity index (χ1) is 14.6. The highest BCUT2D eigenvalue weighted by Gasteiger charge is 2.20.